The molecule has 0 unspecified atom stereocenters. The zero-order valence-electron chi connectivity index (χ0n) is 12.0. The Kier molecular flexibility index (Phi) is 3.15. The molecule has 2 heterocycles. The van der Waals surface area contributed by atoms with Gasteiger partial charge in [-0.3, -0.25) is 0 Å². The van der Waals surface area contributed by atoms with E-state index in [1.54, 1.807) is 0 Å². The minimum absolute atomic E-state index is 0.314. The van der Waals surface area contributed by atoms with Crippen molar-refractivity contribution >= 4 is 18.4 Å². The highest BCUT2D eigenvalue weighted by Crippen LogP contribution is 2.36. The first-order chi connectivity index (χ1) is 8.27. The van der Waals surface area contributed by atoms with Gasteiger partial charge in [-0.15, -0.1) is 0 Å². The van der Waals surface area contributed by atoms with Crippen molar-refractivity contribution in [3.05, 3.63) is 17.8 Å². The van der Waals surface area contributed by atoms with Gasteiger partial charge in [0.25, 0.3) is 0 Å². The minimum atomic E-state index is -0.339. The van der Waals surface area contributed by atoms with Crippen molar-refractivity contribution in [1.29, 1.82) is 0 Å². The van der Waals surface area contributed by atoms with Gasteiger partial charge in [0.2, 0.25) is 0 Å². The molecule has 1 aromatic heterocycles. The summed E-state index contributed by atoms with van der Waals surface area (Å²) in [5.41, 5.74) is 1.30. The van der Waals surface area contributed by atoms with Gasteiger partial charge in [-0.25, -0.2) is 4.98 Å². The predicted octanol–water partition coefficient (Wildman–Crippen LogP) is 1.73. The van der Waals surface area contributed by atoms with Gasteiger partial charge < -0.3 is 14.6 Å². The summed E-state index contributed by atoms with van der Waals surface area (Å²) in [4.78, 5) is 4.46. The van der Waals surface area contributed by atoms with Crippen molar-refractivity contribution in [2.45, 2.75) is 45.8 Å². The van der Waals surface area contributed by atoms with Gasteiger partial charge in [-0.2, -0.15) is 0 Å². The molecule has 1 aliphatic heterocycles. The molecule has 1 N–H and O–H groups in total. The molecule has 1 aliphatic rings. The van der Waals surface area contributed by atoms with E-state index >= 15 is 0 Å². The van der Waals surface area contributed by atoms with E-state index < -0.39 is 0 Å². The lowest BCUT2D eigenvalue weighted by Gasteiger charge is -2.32. The first-order valence-corrected chi connectivity index (χ1v) is 6.28. The molecule has 1 fully saturated rings. The summed E-state index contributed by atoms with van der Waals surface area (Å²) < 4.78 is 12.0. The van der Waals surface area contributed by atoms with Crippen LogP contribution in [0.2, 0.25) is 0 Å². The number of nitrogens with zero attached hydrogens (tertiary/aromatic N) is 1. The zero-order chi connectivity index (χ0) is 13.6. The summed E-state index contributed by atoms with van der Waals surface area (Å²) in [5, 5.41) is 3.03. The van der Waals surface area contributed by atoms with E-state index in [4.69, 9.17) is 9.31 Å². The van der Waals surface area contributed by atoms with Crippen molar-refractivity contribution in [3.63, 3.8) is 0 Å². The lowest BCUT2D eigenvalue weighted by molar-refractivity contribution is 0.00578. The second-order valence-electron chi connectivity index (χ2n) is 5.71. The van der Waals surface area contributed by atoms with Gasteiger partial charge in [0.1, 0.15) is 5.82 Å². The molecule has 98 valence electrons. The summed E-state index contributed by atoms with van der Waals surface area (Å²) >= 11 is 0. The average molecular weight is 248 g/mol. The Labute approximate surface area is 109 Å². The number of nitrogens with one attached hydrogen (secondary N) is 1. The van der Waals surface area contributed by atoms with Crippen LogP contribution in [0.4, 0.5) is 5.82 Å². The van der Waals surface area contributed by atoms with Crippen molar-refractivity contribution < 1.29 is 9.31 Å². The molecule has 2 rings (SSSR count). The van der Waals surface area contributed by atoms with E-state index in [1.165, 1.54) is 0 Å². The van der Waals surface area contributed by atoms with E-state index in [2.05, 4.69) is 38.0 Å². The molecule has 0 spiro atoms. The van der Waals surface area contributed by atoms with Crippen molar-refractivity contribution in [2.24, 2.45) is 0 Å². The minimum Gasteiger partial charge on any atom is -0.399 e. The van der Waals surface area contributed by atoms with Crippen LogP contribution in [-0.2, 0) is 9.31 Å². The second kappa shape index (κ2) is 4.25. The van der Waals surface area contributed by atoms with Crippen molar-refractivity contribution in [2.75, 3.05) is 12.4 Å². The predicted molar refractivity (Wildman–Crippen MR) is 74.2 cm³/mol. The van der Waals surface area contributed by atoms with Crippen LogP contribution in [-0.4, -0.2) is 30.4 Å². The third kappa shape index (κ3) is 2.13. The number of hydrogen-bond acceptors (Lipinski definition) is 4. The van der Waals surface area contributed by atoms with Crippen LogP contribution in [0.3, 0.4) is 0 Å². The molecule has 0 aliphatic carbocycles. The van der Waals surface area contributed by atoms with Gasteiger partial charge in [-0.05, 0) is 40.7 Å². The molecule has 0 amide bonds. The smallest absolute Gasteiger partial charge is 0.399 e. The Hall–Kier alpha value is -1.07. The van der Waals surface area contributed by atoms with Crippen LogP contribution >= 0.6 is 0 Å². The quantitative estimate of drug-likeness (QED) is 0.809. The highest BCUT2D eigenvalue weighted by molar-refractivity contribution is 6.62. The van der Waals surface area contributed by atoms with Crippen LogP contribution in [0.15, 0.2) is 12.1 Å². The summed E-state index contributed by atoms with van der Waals surface area (Å²) in [7, 11) is 1.52. The number of rotatable bonds is 2. The maximum Gasteiger partial charge on any atom is 0.496 e. The van der Waals surface area contributed by atoms with Crippen LogP contribution in [0.1, 0.15) is 33.4 Å². The normalized spacial score (nSPS) is 21.1. The molecule has 0 atom stereocenters. The number of aryl methyl sites for hydroxylation is 1. The van der Waals surface area contributed by atoms with E-state index in [0.29, 0.717) is 0 Å². The molecule has 0 saturated carbocycles. The fourth-order valence-electron chi connectivity index (χ4n) is 1.93. The molecular formula is C13H21BN2O2. The number of anilines is 1. The van der Waals surface area contributed by atoms with E-state index in [9.17, 15) is 0 Å². The highest BCUT2D eigenvalue weighted by atomic mass is 16.7. The first kappa shape index (κ1) is 13.4. The summed E-state index contributed by atoms with van der Waals surface area (Å²) in [6, 6.07) is 3.95. The van der Waals surface area contributed by atoms with Crippen molar-refractivity contribution in [3.8, 4) is 0 Å². The Bertz CT molecular complexity index is 444. The summed E-state index contributed by atoms with van der Waals surface area (Å²) in [5.74, 6) is 0.854. The lowest BCUT2D eigenvalue weighted by Crippen LogP contribution is -2.41. The second-order valence-corrected chi connectivity index (χ2v) is 5.71. The van der Waals surface area contributed by atoms with Crippen LogP contribution in [0, 0.1) is 6.92 Å². The summed E-state index contributed by atoms with van der Waals surface area (Å²) in [6.45, 7) is 10.2. The Morgan fingerprint density at radius 1 is 1.11 bits per heavy atom. The zero-order valence-corrected chi connectivity index (χ0v) is 12.0. The van der Waals surface area contributed by atoms with Gasteiger partial charge in [-0.1, -0.05) is 6.07 Å². The number of hydrogen-bond donors (Lipinski definition) is 1. The SMILES string of the molecule is CNc1ccc(B2OC(C)(C)C(C)(C)O2)c(C)n1. The molecular weight excluding hydrogens is 227 g/mol. The highest BCUT2D eigenvalue weighted by Gasteiger charge is 2.52. The van der Waals surface area contributed by atoms with E-state index in [-0.39, 0.29) is 18.3 Å². The van der Waals surface area contributed by atoms with Gasteiger partial charge in [0.15, 0.2) is 0 Å². The average Bonchev–Trinajstić information content (AvgIpc) is 2.47. The third-order valence-electron chi connectivity index (χ3n) is 3.89. The Morgan fingerprint density at radius 2 is 1.67 bits per heavy atom. The van der Waals surface area contributed by atoms with E-state index in [0.717, 1.165) is 17.0 Å². The Morgan fingerprint density at radius 3 is 2.11 bits per heavy atom. The molecule has 1 saturated heterocycles. The summed E-state index contributed by atoms with van der Waals surface area (Å²) in [6.07, 6.45) is 0. The fraction of sp³-hybridized carbons (Fsp3) is 0.615. The maximum absolute atomic E-state index is 6.02. The van der Waals surface area contributed by atoms with Gasteiger partial charge in [0.05, 0.1) is 11.2 Å². The number of aromatic nitrogens is 1. The van der Waals surface area contributed by atoms with Gasteiger partial charge >= 0.3 is 7.12 Å². The maximum atomic E-state index is 6.02. The van der Waals surface area contributed by atoms with Crippen molar-refractivity contribution in [1.82, 2.24) is 4.98 Å². The molecule has 1 aromatic rings. The molecule has 0 radical (unpaired) electrons. The number of pyridine rings is 1. The fourth-order valence-corrected chi connectivity index (χ4v) is 1.93. The van der Waals surface area contributed by atoms with Crippen LogP contribution < -0.4 is 10.8 Å². The van der Waals surface area contributed by atoms with Crippen LogP contribution in [0.25, 0.3) is 0 Å². The van der Waals surface area contributed by atoms with Crippen LogP contribution in [0.5, 0.6) is 0 Å². The molecule has 0 aromatic carbocycles. The molecule has 18 heavy (non-hydrogen) atoms. The third-order valence-corrected chi connectivity index (χ3v) is 3.89. The van der Waals surface area contributed by atoms with E-state index in [1.807, 2.05) is 26.1 Å². The molecule has 0 bridgehead atoms. The topological polar surface area (TPSA) is 43.4 Å². The monoisotopic (exact) mass is 248 g/mol. The molecule has 5 heteroatoms. The lowest BCUT2D eigenvalue weighted by atomic mass is 9.78. The largest absolute Gasteiger partial charge is 0.496 e. The molecule has 4 nitrogen and oxygen atoms in total. The standard InChI is InChI=1S/C13H21BN2O2/c1-9-10(7-8-11(15-6)16-9)14-17-12(2,3)13(4,5)18-14/h7-8H,1-6H3,(H,15,16). The Balaban J connectivity index is 2.30. The first-order valence-electron chi connectivity index (χ1n) is 6.28. The van der Waals surface area contributed by atoms with Gasteiger partial charge in [0, 0.05) is 18.2 Å².